The lowest BCUT2D eigenvalue weighted by molar-refractivity contribution is -0.0384. The van der Waals surface area contributed by atoms with Crippen LogP contribution >= 0.6 is 0 Å². The molecule has 1 aliphatic heterocycles. The lowest BCUT2D eigenvalue weighted by Crippen LogP contribution is -2.31. The Balaban J connectivity index is 0.000000567. The van der Waals surface area contributed by atoms with Gasteiger partial charge in [0.15, 0.2) is 20.5 Å². The molecule has 1 saturated heterocycles. The molecule has 1 saturated carbocycles. The van der Waals surface area contributed by atoms with Gasteiger partial charge in [-0.1, -0.05) is 66.9 Å². The number of aromatic nitrogens is 3. The van der Waals surface area contributed by atoms with Crippen LogP contribution in [0.25, 0.3) is 16.7 Å². The van der Waals surface area contributed by atoms with E-state index in [0.29, 0.717) is 41.8 Å². The van der Waals surface area contributed by atoms with Crippen molar-refractivity contribution >= 4 is 25.9 Å². The smallest absolute Gasteiger partial charge is 0.268 e. The molecule has 360 valence electrons. The Morgan fingerprint density at radius 3 is 2.11 bits per heavy atom. The molecule has 3 heterocycles. The number of nitrogens with one attached hydrogen (secondary N) is 1. The van der Waals surface area contributed by atoms with E-state index in [1.165, 1.54) is 49.0 Å². The van der Waals surface area contributed by atoms with Crippen molar-refractivity contribution in [1.82, 2.24) is 19.4 Å². The van der Waals surface area contributed by atoms with Crippen molar-refractivity contribution in [2.75, 3.05) is 25.9 Å². The Labute approximate surface area is 382 Å². The summed E-state index contributed by atoms with van der Waals surface area (Å²) in [4.78, 5) is 26.8. The van der Waals surface area contributed by atoms with Crippen LogP contribution in [0.1, 0.15) is 171 Å². The second kappa shape index (κ2) is 22.6. The van der Waals surface area contributed by atoms with Crippen molar-refractivity contribution in [2.45, 2.75) is 163 Å². The molecule has 6 rings (SSSR count). The van der Waals surface area contributed by atoms with Gasteiger partial charge in [-0.05, 0) is 113 Å². The number of likely N-dealkylation sites (tertiary alicyclic amines) is 1. The normalized spacial score (nSPS) is 19.2. The Morgan fingerprint density at radius 2 is 1.58 bits per heavy atom. The molecule has 4 aromatic rings. The predicted octanol–water partition coefficient (Wildman–Crippen LogP) is 12.6. The molecule has 4 atom stereocenters. The fourth-order valence-electron chi connectivity index (χ4n) is 8.99. The number of hydrogen-bond donors (Lipinski definition) is 1. The maximum atomic E-state index is 15.5. The molecular formula is C50H69F6N5O3S. The predicted molar refractivity (Wildman–Crippen MR) is 250 cm³/mol. The maximum Gasteiger partial charge on any atom is 0.268 e. The molecule has 1 aliphatic carbocycles. The fraction of sp³-hybridized carbons (Fsp3) is 0.600. The zero-order chi connectivity index (χ0) is 48.6. The first-order valence-electron chi connectivity index (χ1n) is 23.3. The van der Waals surface area contributed by atoms with Crippen LogP contribution in [-0.4, -0.2) is 70.4 Å². The monoisotopic (exact) mass is 934 g/mol. The highest BCUT2D eigenvalue weighted by atomic mass is 32.2. The first kappa shape index (κ1) is 53.5. The molecule has 0 radical (unpaired) electrons. The number of sulfone groups is 1. The first-order chi connectivity index (χ1) is 30.5. The summed E-state index contributed by atoms with van der Waals surface area (Å²) < 4.78 is 113. The largest absolute Gasteiger partial charge is 0.300 e. The number of unbranched alkanes of at least 4 members (excludes halogenated alkanes) is 2. The minimum absolute atomic E-state index is 0.00985. The molecule has 0 amide bonds. The molecule has 65 heavy (non-hydrogen) atoms. The molecule has 15 heteroatoms. The van der Waals surface area contributed by atoms with E-state index in [9.17, 15) is 35.2 Å². The summed E-state index contributed by atoms with van der Waals surface area (Å²) in [5.74, 6) is -5.53. The lowest BCUT2D eigenvalue weighted by atomic mass is 9.83. The van der Waals surface area contributed by atoms with Crippen molar-refractivity contribution in [3.05, 3.63) is 97.7 Å². The summed E-state index contributed by atoms with van der Waals surface area (Å²) in [6.07, 6.45) is 4.26. The Hall–Kier alpha value is -4.11. The zero-order valence-corrected chi connectivity index (χ0v) is 40.7. The van der Waals surface area contributed by atoms with E-state index in [2.05, 4.69) is 11.8 Å². The van der Waals surface area contributed by atoms with Gasteiger partial charge >= 0.3 is 0 Å². The molecule has 8 nitrogen and oxygen atoms in total. The van der Waals surface area contributed by atoms with Crippen LogP contribution in [0.5, 0.6) is 0 Å². The van der Waals surface area contributed by atoms with Gasteiger partial charge in [-0.25, -0.2) is 44.7 Å². The van der Waals surface area contributed by atoms with Crippen molar-refractivity contribution in [3.63, 3.8) is 0 Å². The number of alkyl halides is 4. The van der Waals surface area contributed by atoms with Gasteiger partial charge in [-0.15, -0.1) is 0 Å². The summed E-state index contributed by atoms with van der Waals surface area (Å²) in [5, 5.41) is 7.85. The van der Waals surface area contributed by atoms with Gasteiger partial charge in [0.1, 0.15) is 29.3 Å². The van der Waals surface area contributed by atoms with Crippen molar-refractivity contribution in [2.24, 2.45) is 5.92 Å². The number of benzene rings is 2. The molecule has 2 aromatic carbocycles. The fourth-order valence-corrected chi connectivity index (χ4v) is 9.64. The van der Waals surface area contributed by atoms with Crippen molar-refractivity contribution < 1.29 is 34.8 Å². The zero-order valence-electron chi connectivity index (χ0n) is 39.9. The second-order valence-electron chi connectivity index (χ2n) is 18.0. The van der Waals surface area contributed by atoms with Crippen LogP contribution < -0.4 is 5.56 Å². The average molecular weight is 934 g/mol. The number of rotatable bonds is 14. The first-order valence-corrected chi connectivity index (χ1v) is 25.2. The van der Waals surface area contributed by atoms with Crippen LogP contribution in [0.2, 0.25) is 0 Å². The Kier molecular flexibility index (Phi) is 18.6. The van der Waals surface area contributed by atoms with Crippen LogP contribution in [0.4, 0.5) is 26.3 Å². The van der Waals surface area contributed by atoms with Gasteiger partial charge in [-0.2, -0.15) is 0 Å². The molecule has 2 aromatic heterocycles. The van der Waals surface area contributed by atoms with Gasteiger partial charge in [-0.3, -0.25) is 14.8 Å². The maximum absolute atomic E-state index is 15.5. The van der Waals surface area contributed by atoms with Gasteiger partial charge < -0.3 is 4.90 Å². The highest BCUT2D eigenvalue weighted by Crippen LogP contribution is 2.42. The SMILES string of the molecule is CC.CCCCCN1CCC(C)(F)C1.CCc1ccc(-n2c(C(Cc3cc(F)cc(F)c3)C(C)CC)nc3nc(C4CCC(F)(F)CC4)cc(C(C)F)c3c2=O)c(C)c1C(=N)S(C)(=O)=O. The number of fused-ring (bicyclic) bond motifs is 1. The molecule has 1 N–H and O–H groups in total. The van der Waals surface area contributed by atoms with Gasteiger partial charge in [0.2, 0.25) is 5.92 Å². The van der Waals surface area contributed by atoms with Gasteiger partial charge in [0.25, 0.3) is 5.56 Å². The second-order valence-corrected chi connectivity index (χ2v) is 20.0. The minimum Gasteiger partial charge on any atom is -0.300 e. The summed E-state index contributed by atoms with van der Waals surface area (Å²) in [7, 11) is -3.99. The molecule has 0 bridgehead atoms. The third kappa shape index (κ3) is 13.3. The molecule has 2 fully saturated rings. The highest BCUT2D eigenvalue weighted by molar-refractivity contribution is 8.06. The summed E-state index contributed by atoms with van der Waals surface area (Å²) in [5.41, 5.74) is 0.160. The van der Waals surface area contributed by atoms with Gasteiger partial charge in [0.05, 0.1) is 11.1 Å². The van der Waals surface area contributed by atoms with E-state index in [0.717, 1.165) is 31.8 Å². The quantitative estimate of drug-likeness (QED) is 0.0584. The van der Waals surface area contributed by atoms with Crippen LogP contribution in [0, 0.1) is 29.9 Å². The van der Waals surface area contributed by atoms with Crippen molar-refractivity contribution in [3.8, 4) is 5.69 Å². The number of pyridine rings is 1. The number of halogens is 6. The summed E-state index contributed by atoms with van der Waals surface area (Å²) >= 11 is 0. The van der Waals surface area contributed by atoms with Crippen LogP contribution in [0.15, 0.2) is 41.2 Å². The Bertz CT molecular complexity index is 2430. The molecule has 4 unspecified atom stereocenters. The number of aryl methyl sites for hydroxylation is 1. The Morgan fingerprint density at radius 1 is 0.954 bits per heavy atom. The molecular weight excluding hydrogens is 865 g/mol. The van der Waals surface area contributed by atoms with Crippen molar-refractivity contribution in [1.29, 1.82) is 5.41 Å². The number of hydrogen-bond acceptors (Lipinski definition) is 7. The lowest BCUT2D eigenvalue weighted by Gasteiger charge is -2.29. The van der Waals surface area contributed by atoms with E-state index in [-0.39, 0.29) is 71.7 Å². The van der Waals surface area contributed by atoms with Crippen LogP contribution in [-0.2, 0) is 22.7 Å². The van der Waals surface area contributed by atoms with E-state index in [1.807, 2.05) is 34.6 Å². The van der Waals surface area contributed by atoms with Crippen LogP contribution in [0.3, 0.4) is 0 Å². The van der Waals surface area contributed by atoms with E-state index in [1.54, 1.807) is 26.0 Å². The topological polar surface area (TPSA) is 109 Å². The molecule has 0 spiro atoms. The van der Waals surface area contributed by atoms with E-state index >= 15 is 4.39 Å². The third-order valence-corrected chi connectivity index (χ3v) is 13.8. The molecule has 2 aliphatic rings. The number of nitrogens with zero attached hydrogens (tertiary/aromatic N) is 4. The van der Waals surface area contributed by atoms with Gasteiger partial charge in [0, 0.05) is 66.9 Å². The average Bonchev–Trinajstić information content (AvgIpc) is 3.59. The van der Waals surface area contributed by atoms with E-state index < -0.39 is 61.7 Å². The summed E-state index contributed by atoms with van der Waals surface area (Å²) in [6, 6.07) is 7.88. The van der Waals surface area contributed by atoms with E-state index in [4.69, 9.17) is 15.4 Å². The standard InChI is InChI=1S/C38H43F5N4O3S.C10H20FN.C2H6/c1-7-20(3)28(17-23-15-26(40)18-27(41)16-23)36-46-35-33(29(22(5)39)19-30(45-35)25-11-13-38(42,43)14-12-25)37(48)47(36)31-10-9-24(8-2)32(21(31)4)34(44)51(6,49)50;1-3-4-5-7-12-8-6-10(2,11)9-12;1-2/h9-10,15-16,18-20,22,25,28,44H,7-8,11-14,17H2,1-6H3;3-9H2,1-2H3;1-2H3. The third-order valence-electron chi connectivity index (χ3n) is 12.8. The highest BCUT2D eigenvalue weighted by Gasteiger charge is 2.37. The summed E-state index contributed by atoms with van der Waals surface area (Å²) in [6.45, 7) is 19.1. The minimum atomic E-state index is -3.99.